The van der Waals surface area contributed by atoms with Gasteiger partial charge in [-0.2, -0.15) is 0 Å². The molecule has 0 saturated heterocycles. The molecule has 0 radical (unpaired) electrons. The zero-order valence-electron chi connectivity index (χ0n) is 10.6. The van der Waals surface area contributed by atoms with Crippen molar-refractivity contribution in [3.8, 4) is 5.75 Å². The number of rotatable bonds is 6. The highest BCUT2D eigenvalue weighted by Gasteiger charge is 2.14. The first-order chi connectivity index (χ1) is 8.63. The molecule has 0 spiro atoms. The van der Waals surface area contributed by atoms with Crippen LogP contribution in [0.15, 0.2) is 41.2 Å². The Labute approximate surface area is 107 Å². The van der Waals surface area contributed by atoms with Crippen LogP contribution in [0.3, 0.4) is 0 Å². The molecule has 0 bridgehead atoms. The minimum absolute atomic E-state index is 0.769. The Morgan fingerprint density at radius 3 is 2.22 bits per heavy atom. The molecule has 98 valence electrons. The zero-order valence-corrected chi connectivity index (χ0v) is 11.5. The fraction of sp³-hybridized carbons (Fsp3) is 0.250. The number of ether oxygens (including phenoxy) is 1. The lowest BCUT2D eigenvalue weighted by molar-refractivity contribution is 0.286. The third-order valence-electron chi connectivity index (χ3n) is 2.16. The quantitative estimate of drug-likeness (QED) is 0.586. The lowest BCUT2D eigenvalue weighted by atomic mass is 10.3. The molecule has 18 heavy (non-hydrogen) atoms. The Morgan fingerprint density at radius 1 is 1.11 bits per heavy atom. The molecule has 5 nitrogen and oxygen atoms in total. The van der Waals surface area contributed by atoms with E-state index < -0.39 is 7.60 Å². The molecule has 0 aromatic heterocycles. The van der Waals surface area contributed by atoms with Crippen LogP contribution >= 0.6 is 7.60 Å². The van der Waals surface area contributed by atoms with Crippen LogP contribution in [0.25, 0.3) is 0 Å². The molecule has 1 rings (SSSR count). The van der Waals surface area contributed by atoms with E-state index >= 15 is 0 Å². The number of benzene rings is 1. The molecule has 0 aliphatic rings. The van der Waals surface area contributed by atoms with Gasteiger partial charge in [0.2, 0.25) is 0 Å². The number of methoxy groups -OCH3 is 1. The van der Waals surface area contributed by atoms with Gasteiger partial charge in [-0.1, -0.05) is 0 Å². The number of nitrogens with zero attached hydrogens (tertiary/aromatic N) is 1. The van der Waals surface area contributed by atoms with Gasteiger partial charge < -0.3 is 13.8 Å². The Bertz CT molecular complexity index is 459. The molecular weight excluding hydrogens is 253 g/mol. The Balaban J connectivity index is 2.64. The van der Waals surface area contributed by atoms with Gasteiger partial charge in [0, 0.05) is 26.3 Å². The normalized spacial score (nSPS) is 12.4. The summed E-state index contributed by atoms with van der Waals surface area (Å²) in [5.74, 6) is 2.12. The first-order valence-corrected chi connectivity index (χ1v) is 6.82. The van der Waals surface area contributed by atoms with E-state index in [2.05, 4.69) is 4.99 Å². The number of aliphatic imine (C=N–C) groups is 1. The van der Waals surface area contributed by atoms with Crippen LogP contribution in [0.2, 0.25) is 0 Å². The molecule has 0 fully saturated rings. The van der Waals surface area contributed by atoms with Crippen LogP contribution in [-0.2, 0) is 13.6 Å². The molecule has 6 heteroatoms. The predicted octanol–water partition coefficient (Wildman–Crippen LogP) is 3.40. The molecule has 0 aliphatic heterocycles. The van der Waals surface area contributed by atoms with E-state index in [4.69, 9.17) is 13.8 Å². The monoisotopic (exact) mass is 269 g/mol. The van der Waals surface area contributed by atoms with Gasteiger partial charge in [-0.25, -0.2) is 0 Å². The minimum atomic E-state index is -3.11. The SMILES string of the molecule is COc1ccc(N=C/C=C/P(=O)(OC)OC)cc1. The van der Waals surface area contributed by atoms with Gasteiger partial charge in [0.25, 0.3) is 0 Å². The van der Waals surface area contributed by atoms with Crippen molar-refractivity contribution in [2.75, 3.05) is 21.3 Å². The largest absolute Gasteiger partial charge is 0.497 e. The smallest absolute Gasteiger partial charge is 0.353 e. The molecule has 0 saturated carbocycles. The molecule has 0 amide bonds. The van der Waals surface area contributed by atoms with Crippen LogP contribution in [0.4, 0.5) is 5.69 Å². The van der Waals surface area contributed by atoms with E-state index in [9.17, 15) is 4.57 Å². The maximum atomic E-state index is 11.6. The lowest BCUT2D eigenvalue weighted by Gasteiger charge is -2.06. The van der Waals surface area contributed by atoms with Crippen LogP contribution in [0.1, 0.15) is 0 Å². The zero-order chi connectivity index (χ0) is 13.4. The van der Waals surface area contributed by atoms with E-state index in [-0.39, 0.29) is 0 Å². The van der Waals surface area contributed by atoms with Crippen LogP contribution in [0, 0.1) is 0 Å². The molecule has 1 aromatic rings. The molecule has 0 heterocycles. The van der Waals surface area contributed by atoms with Gasteiger partial charge in [-0.05, 0) is 30.3 Å². The predicted molar refractivity (Wildman–Crippen MR) is 71.9 cm³/mol. The third-order valence-corrected chi connectivity index (χ3v) is 3.71. The first kappa shape index (κ1) is 14.6. The summed E-state index contributed by atoms with van der Waals surface area (Å²) in [6.07, 6.45) is 3.05. The van der Waals surface area contributed by atoms with E-state index in [0.29, 0.717) is 0 Å². The third kappa shape index (κ3) is 4.45. The fourth-order valence-electron chi connectivity index (χ4n) is 1.14. The van der Waals surface area contributed by atoms with Crippen LogP contribution in [-0.4, -0.2) is 27.5 Å². The van der Waals surface area contributed by atoms with Crippen molar-refractivity contribution in [1.82, 2.24) is 0 Å². The summed E-state index contributed by atoms with van der Waals surface area (Å²) < 4.78 is 26.1. The summed E-state index contributed by atoms with van der Waals surface area (Å²) in [5.41, 5.74) is 0.769. The maximum Gasteiger partial charge on any atom is 0.353 e. The molecule has 0 atom stereocenters. The van der Waals surface area contributed by atoms with Gasteiger partial charge in [0.1, 0.15) is 5.75 Å². The van der Waals surface area contributed by atoms with Gasteiger partial charge >= 0.3 is 7.60 Å². The van der Waals surface area contributed by atoms with E-state index in [1.807, 2.05) is 24.3 Å². The maximum absolute atomic E-state index is 11.6. The Kier molecular flexibility index (Phi) is 5.78. The highest BCUT2D eigenvalue weighted by atomic mass is 31.2. The van der Waals surface area contributed by atoms with Gasteiger partial charge in [0.05, 0.1) is 12.8 Å². The van der Waals surface area contributed by atoms with Crippen molar-refractivity contribution in [1.29, 1.82) is 0 Å². The van der Waals surface area contributed by atoms with Crippen molar-refractivity contribution < 1.29 is 18.3 Å². The number of hydrogen-bond donors (Lipinski definition) is 0. The van der Waals surface area contributed by atoms with E-state index in [0.717, 1.165) is 11.4 Å². The first-order valence-electron chi connectivity index (χ1n) is 5.20. The van der Waals surface area contributed by atoms with E-state index in [1.54, 1.807) is 7.11 Å². The van der Waals surface area contributed by atoms with Crippen molar-refractivity contribution in [3.05, 3.63) is 36.2 Å². The number of allylic oxidation sites excluding steroid dienone is 1. The molecule has 0 aliphatic carbocycles. The second-order valence-electron chi connectivity index (χ2n) is 3.22. The molecule has 1 aromatic carbocycles. The van der Waals surface area contributed by atoms with Gasteiger partial charge in [0.15, 0.2) is 0 Å². The average Bonchev–Trinajstić information content (AvgIpc) is 2.44. The van der Waals surface area contributed by atoms with Crippen molar-refractivity contribution in [3.63, 3.8) is 0 Å². The number of hydrogen-bond acceptors (Lipinski definition) is 5. The minimum Gasteiger partial charge on any atom is -0.497 e. The summed E-state index contributed by atoms with van der Waals surface area (Å²) in [7, 11) is 1.16. The highest BCUT2D eigenvalue weighted by molar-refractivity contribution is 7.57. The van der Waals surface area contributed by atoms with Gasteiger partial charge in [-0.15, -0.1) is 0 Å². The van der Waals surface area contributed by atoms with Crippen molar-refractivity contribution in [2.24, 2.45) is 4.99 Å². The standard InChI is InChI=1S/C12H16NO4P/c1-15-12-7-5-11(6-8-12)13-9-4-10-18(14,16-2)17-3/h4-10H,1-3H3/b10-4+,13-9?. The highest BCUT2D eigenvalue weighted by Crippen LogP contribution is 2.47. The average molecular weight is 269 g/mol. The summed E-state index contributed by atoms with van der Waals surface area (Å²) in [5, 5.41) is 0. The molecule has 0 N–H and O–H groups in total. The second kappa shape index (κ2) is 7.11. The summed E-state index contributed by atoms with van der Waals surface area (Å²) in [4.78, 5) is 4.15. The van der Waals surface area contributed by atoms with Crippen molar-refractivity contribution >= 4 is 19.5 Å². The summed E-state index contributed by atoms with van der Waals surface area (Å²) in [6, 6.07) is 7.25. The molecule has 0 unspecified atom stereocenters. The lowest BCUT2D eigenvalue weighted by Crippen LogP contribution is -1.83. The summed E-state index contributed by atoms with van der Waals surface area (Å²) >= 11 is 0. The summed E-state index contributed by atoms with van der Waals surface area (Å²) in [6.45, 7) is 0. The van der Waals surface area contributed by atoms with E-state index in [1.165, 1.54) is 32.3 Å². The van der Waals surface area contributed by atoms with Crippen LogP contribution in [0.5, 0.6) is 5.75 Å². The van der Waals surface area contributed by atoms with Crippen LogP contribution < -0.4 is 4.74 Å². The molecular formula is C12H16NO4P. The Hall–Kier alpha value is -1.42. The second-order valence-corrected chi connectivity index (χ2v) is 5.33. The Morgan fingerprint density at radius 2 is 1.72 bits per heavy atom. The van der Waals surface area contributed by atoms with Gasteiger partial charge in [-0.3, -0.25) is 9.56 Å². The van der Waals surface area contributed by atoms with Crippen molar-refractivity contribution in [2.45, 2.75) is 0 Å². The topological polar surface area (TPSA) is 57.1 Å². The fourth-order valence-corrected chi connectivity index (χ4v) is 1.82.